The number of nitriles is 1. The van der Waals surface area contributed by atoms with Gasteiger partial charge in [-0.2, -0.15) is 5.26 Å². The van der Waals surface area contributed by atoms with E-state index in [0.29, 0.717) is 38.8 Å². The van der Waals surface area contributed by atoms with Crippen molar-refractivity contribution in [1.29, 1.82) is 5.26 Å². The molecule has 204 valence electrons. The summed E-state index contributed by atoms with van der Waals surface area (Å²) in [5, 5.41) is 9.93. The second-order valence-corrected chi connectivity index (χ2v) is 11.9. The largest absolute Gasteiger partial charge is 0.444 e. The molecule has 2 amide bonds. The molecule has 0 spiro atoms. The molecule has 3 atom stereocenters. The Balaban J connectivity index is 1.28. The van der Waals surface area contributed by atoms with Crippen LogP contribution in [0.15, 0.2) is 42.5 Å². The molecule has 0 N–H and O–H groups in total. The molecule has 3 heterocycles. The van der Waals surface area contributed by atoms with Crippen LogP contribution < -0.4 is 4.90 Å². The van der Waals surface area contributed by atoms with Gasteiger partial charge in [-0.25, -0.2) is 4.79 Å². The van der Waals surface area contributed by atoms with Crippen LogP contribution in [0, 0.1) is 17.2 Å². The van der Waals surface area contributed by atoms with Crippen molar-refractivity contribution in [2.75, 3.05) is 25.1 Å². The molecule has 39 heavy (non-hydrogen) atoms. The highest BCUT2D eigenvalue weighted by Gasteiger charge is 2.56. The van der Waals surface area contributed by atoms with Gasteiger partial charge in [-0.05, 0) is 55.5 Å². The maximum Gasteiger partial charge on any atom is 0.411 e. The molecule has 2 aromatic rings. The number of rotatable bonds is 6. The second kappa shape index (κ2) is 10.1. The molecule has 5 rings (SSSR count). The van der Waals surface area contributed by atoms with Crippen molar-refractivity contribution < 1.29 is 23.9 Å². The smallest absolute Gasteiger partial charge is 0.411 e. The third-order valence-electron chi connectivity index (χ3n) is 8.02. The quantitative estimate of drug-likeness (QED) is 0.539. The second-order valence-electron chi connectivity index (χ2n) is 11.9. The van der Waals surface area contributed by atoms with E-state index in [-0.39, 0.29) is 24.2 Å². The molecule has 2 bridgehead atoms. The lowest BCUT2D eigenvalue weighted by Crippen LogP contribution is -2.55. The molecular formula is C31H35N3O5. The number of likely N-dealkylation sites (tertiary alicyclic amines) is 1. The summed E-state index contributed by atoms with van der Waals surface area (Å²) in [5.74, 6) is -0.517. The Hall–Kier alpha value is -3.70. The van der Waals surface area contributed by atoms with Crippen LogP contribution in [0.1, 0.15) is 51.2 Å². The van der Waals surface area contributed by atoms with Gasteiger partial charge in [0.05, 0.1) is 31.1 Å². The number of fused-ring (bicyclic) bond motifs is 3. The number of nitrogens with zero attached hydrogens (tertiary/aromatic N) is 3. The third kappa shape index (κ3) is 5.28. The molecule has 0 aliphatic carbocycles. The number of amides is 2. The van der Waals surface area contributed by atoms with Crippen LogP contribution in [-0.2, 0) is 31.9 Å². The first kappa shape index (κ1) is 26.9. The molecule has 3 aliphatic rings. The van der Waals surface area contributed by atoms with E-state index in [1.54, 1.807) is 37.6 Å². The van der Waals surface area contributed by atoms with Crippen molar-refractivity contribution in [2.24, 2.45) is 5.92 Å². The number of benzene rings is 2. The monoisotopic (exact) mass is 529 g/mol. The third-order valence-corrected chi connectivity index (χ3v) is 8.02. The number of carbonyl (C=O) groups is 3. The van der Waals surface area contributed by atoms with Crippen LogP contribution in [0.25, 0.3) is 11.1 Å². The van der Waals surface area contributed by atoms with Crippen molar-refractivity contribution in [3.05, 3.63) is 53.6 Å². The van der Waals surface area contributed by atoms with Gasteiger partial charge in [0, 0.05) is 38.6 Å². The number of hydrogen-bond acceptors (Lipinski definition) is 6. The van der Waals surface area contributed by atoms with Crippen LogP contribution in [0.3, 0.4) is 0 Å². The van der Waals surface area contributed by atoms with Gasteiger partial charge in [-0.1, -0.05) is 36.4 Å². The highest BCUT2D eigenvalue weighted by Crippen LogP contribution is 2.41. The maximum absolute atomic E-state index is 13.7. The minimum atomic E-state index is -0.980. The van der Waals surface area contributed by atoms with Crippen LogP contribution >= 0.6 is 0 Å². The number of likely N-dealkylation sites (N-methyl/N-ethyl adjacent to an activating group) is 1. The van der Waals surface area contributed by atoms with E-state index in [9.17, 15) is 19.6 Å². The minimum absolute atomic E-state index is 0.0649. The minimum Gasteiger partial charge on any atom is -0.444 e. The van der Waals surface area contributed by atoms with Crippen LogP contribution in [0.5, 0.6) is 0 Å². The fourth-order valence-corrected chi connectivity index (χ4v) is 5.96. The SMILES string of the molecule is CN1C(=O)Cc2ccc(-c3ccc(C[C@@H](C#N)CC(=O)[C@@]45CCO[C@@H](CN4C(=O)OC(C)(C)C)C5)cc3)cc21. The maximum atomic E-state index is 13.7. The summed E-state index contributed by atoms with van der Waals surface area (Å²) in [4.78, 5) is 42.0. The van der Waals surface area contributed by atoms with Gasteiger partial charge < -0.3 is 14.4 Å². The lowest BCUT2D eigenvalue weighted by atomic mass is 9.80. The number of hydrogen-bond donors (Lipinski definition) is 0. The molecule has 0 saturated carbocycles. The van der Waals surface area contributed by atoms with Crippen molar-refractivity contribution in [2.45, 2.75) is 70.1 Å². The average molecular weight is 530 g/mol. The van der Waals surface area contributed by atoms with E-state index in [1.807, 2.05) is 42.5 Å². The fourth-order valence-electron chi connectivity index (χ4n) is 5.96. The predicted molar refractivity (Wildman–Crippen MR) is 146 cm³/mol. The molecule has 0 aromatic heterocycles. The topological polar surface area (TPSA) is 99.9 Å². The average Bonchev–Trinajstić information content (AvgIpc) is 3.34. The van der Waals surface area contributed by atoms with Crippen molar-refractivity contribution in [3.63, 3.8) is 0 Å². The Bertz CT molecular complexity index is 1340. The summed E-state index contributed by atoms with van der Waals surface area (Å²) >= 11 is 0. The van der Waals surface area contributed by atoms with E-state index in [2.05, 4.69) is 6.07 Å². The van der Waals surface area contributed by atoms with Gasteiger partial charge in [0.25, 0.3) is 0 Å². The Labute approximate surface area is 229 Å². The highest BCUT2D eigenvalue weighted by molar-refractivity contribution is 6.01. The van der Waals surface area contributed by atoms with E-state index < -0.39 is 23.2 Å². The summed E-state index contributed by atoms with van der Waals surface area (Å²) in [6.07, 6.45) is 1.09. The number of ether oxygens (including phenoxy) is 2. The summed E-state index contributed by atoms with van der Waals surface area (Å²) in [6, 6.07) is 16.4. The fraction of sp³-hybridized carbons (Fsp3) is 0.484. The molecular weight excluding hydrogens is 494 g/mol. The zero-order valence-electron chi connectivity index (χ0n) is 23.0. The standard InChI is InChI=1S/C31H35N3O5/c1-30(2,3)39-29(37)34-19-25-17-31(34,11-12-38-25)27(35)14-21(18-32)13-20-5-7-22(8-6-20)23-9-10-24-16-28(36)33(4)26(24)15-23/h5-10,15,21,25H,11-14,16-17,19H2,1-4H3/t21-,25-,31+/m1/s1. The Morgan fingerprint density at radius 1 is 1.18 bits per heavy atom. The van der Waals surface area contributed by atoms with Gasteiger partial charge in [0.1, 0.15) is 11.1 Å². The molecule has 0 radical (unpaired) electrons. The van der Waals surface area contributed by atoms with Crippen molar-refractivity contribution in [1.82, 2.24) is 4.90 Å². The van der Waals surface area contributed by atoms with Crippen molar-refractivity contribution >= 4 is 23.5 Å². The van der Waals surface area contributed by atoms with E-state index in [0.717, 1.165) is 27.9 Å². The van der Waals surface area contributed by atoms with Gasteiger partial charge in [0.15, 0.2) is 5.78 Å². The van der Waals surface area contributed by atoms with Gasteiger partial charge in [-0.3, -0.25) is 14.5 Å². The molecule has 8 heteroatoms. The summed E-state index contributed by atoms with van der Waals surface area (Å²) < 4.78 is 11.4. The molecule has 2 fully saturated rings. The first-order chi connectivity index (χ1) is 18.5. The van der Waals surface area contributed by atoms with Crippen LogP contribution in [-0.4, -0.2) is 60.1 Å². The Morgan fingerprint density at radius 2 is 1.90 bits per heavy atom. The lowest BCUT2D eigenvalue weighted by Gasteiger charge is -2.38. The van der Waals surface area contributed by atoms with E-state index in [1.165, 1.54) is 0 Å². The van der Waals surface area contributed by atoms with E-state index >= 15 is 0 Å². The Morgan fingerprint density at radius 3 is 2.59 bits per heavy atom. The zero-order chi connectivity index (χ0) is 27.9. The Kier molecular flexibility index (Phi) is 6.98. The number of anilines is 1. The molecule has 8 nitrogen and oxygen atoms in total. The first-order valence-electron chi connectivity index (χ1n) is 13.5. The number of carbonyl (C=O) groups excluding carboxylic acids is 3. The normalized spacial score (nSPS) is 22.8. The number of Topliss-reactive ketones (excluding diaryl/α,β-unsaturated/α-hetero) is 1. The highest BCUT2D eigenvalue weighted by atomic mass is 16.6. The summed E-state index contributed by atoms with van der Waals surface area (Å²) in [7, 11) is 1.79. The van der Waals surface area contributed by atoms with Crippen molar-refractivity contribution in [3.8, 4) is 17.2 Å². The van der Waals surface area contributed by atoms with Crippen LogP contribution in [0.4, 0.5) is 10.5 Å². The first-order valence-corrected chi connectivity index (χ1v) is 13.5. The number of ketones is 1. The van der Waals surface area contributed by atoms with Gasteiger partial charge in [0.2, 0.25) is 5.91 Å². The van der Waals surface area contributed by atoms with E-state index in [4.69, 9.17) is 9.47 Å². The summed E-state index contributed by atoms with van der Waals surface area (Å²) in [5.41, 5.74) is 3.32. The molecule has 2 aromatic carbocycles. The molecule has 2 saturated heterocycles. The molecule has 0 unspecified atom stereocenters. The lowest BCUT2D eigenvalue weighted by molar-refractivity contribution is -0.133. The predicted octanol–water partition coefficient (Wildman–Crippen LogP) is 4.68. The van der Waals surface area contributed by atoms with Gasteiger partial charge in [-0.15, -0.1) is 0 Å². The summed E-state index contributed by atoms with van der Waals surface area (Å²) in [6.45, 7) is 6.14. The molecule has 3 aliphatic heterocycles. The zero-order valence-corrected chi connectivity index (χ0v) is 23.0. The van der Waals surface area contributed by atoms with Gasteiger partial charge >= 0.3 is 6.09 Å². The van der Waals surface area contributed by atoms with Crippen LogP contribution in [0.2, 0.25) is 0 Å².